The van der Waals surface area contributed by atoms with Crippen LogP contribution in [0.5, 0.6) is 0 Å². The van der Waals surface area contributed by atoms with E-state index in [1.807, 2.05) is 4.90 Å². The topological polar surface area (TPSA) is 70.2 Å². The number of hydrogen-bond donors (Lipinski definition) is 0. The van der Waals surface area contributed by atoms with Crippen molar-refractivity contribution in [2.24, 2.45) is 5.92 Å². The Morgan fingerprint density at radius 1 is 1.12 bits per heavy atom. The Bertz CT molecular complexity index is 497. The fourth-order valence-corrected chi connectivity index (χ4v) is 3.99. The van der Waals surface area contributed by atoms with Crippen LogP contribution >= 0.6 is 0 Å². The summed E-state index contributed by atoms with van der Waals surface area (Å²) in [5.41, 5.74) is 0. The summed E-state index contributed by atoms with van der Waals surface area (Å²) in [6, 6.07) is 0. The Labute approximate surface area is 146 Å². The molecule has 7 nitrogen and oxygen atoms in total. The summed E-state index contributed by atoms with van der Waals surface area (Å²) in [6.45, 7) is 8.27. The van der Waals surface area contributed by atoms with Gasteiger partial charge >= 0.3 is 0 Å². The standard InChI is InChI=1S/C16H31N3O4S/c1-15-3-6-18(7-4-15)16(20)5-8-19(24(2,21)22)10-9-17-11-13-23-14-12-17/h15H,3-14H2,1-2H3. The molecule has 0 aromatic rings. The van der Waals surface area contributed by atoms with Gasteiger partial charge in [-0.15, -0.1) is 0 Å². The lowest BCUT2D eigenvalue weighted by Gasteiger charge is -2.31. The van der Waals surface area contributed by atoms with Crippen LogP contribution in [0.3, 0.4) is 0 Å². The van der Waals surface area contributed by atoms with Gasteiger partial charge in [0.15, 0.2) is 0 Å². The van der Waals surface area contributed by atoms with E-state index in [2.05, 4.69) is 11.8 Å². The van der Waals surface area contributed by atoms with E-state index in [1.54, 1.807) is 0 Å². The lowest BCUT2D eigenvalue weighted by Crippen LogP contribution is -2.44. The second-order valence-corrected chi connectivity index (χ2v) is 8.91. The third-order valence-electron chi connectivity index (χ3n) is 4.95. The Kier molecular flexibility index (Phi) is 7.46. The highest BCUT2D eigenvalue weighted by molar-refractivity contribution is 7.88. The molecule has 0 spiro atoms. The predicted molar refractivity (Wildman–Crippen MR) is 93.3 cm³/mol. The number of likely N-dealkylation sites (tertiary alicyclic amines) is 1. The minimum atomic E-state index is -3.30. The molecule has 8 heteroatoms. The normalized spacial score (nSPS) is 21.4. The summed E-state index contributed by atoms with van der Waals surface area (Å²) in [6.07, 6.45) is 3.57. The maximum atomic E-state index is 12.3. The highest BCUT2D eigenvalue weighted by Crippen LogP contribution is 2.16. The average Bonchev–Trinajstić information content (AvgIpc) is 2.55. The fourth-order valence-electron chi connectivity index (χ4n) is 3.16. The van der Waals surface area contributed by atoms with E-state index in [-0.39, 0.29) is 18.9 Å². The molecule has 0 bridgehead atoms. The molecule has 0 N–H and O–H groups in total. The first kappa shape index (κ1) is 19.6. The molecule has 1 amide bonds. The van der Waals surface area contributed by atoms with Crippen molar-refractivity contribution in [3.8, 4) is 0 Å². The molecule has 0 aromatic heterocycles. The molecule has 0 saturated carbocycles. The van der Waals surface area contributed by atoms with E-state index in [4.69, 9.17) is 4.74 Å². The molecule has 0 unspecified atom stereocenters. The molecule has 2 rings (SSSR count). The molecular weight excluding hydrogens is 330 g/mol. The molecule has 2 fully saturated rings. The molecule has 2 aliphatic heterocycles. The van der Waals surface area contributed by atoms with E-state index < -0.39 is 10.0 Å². The van der Waals surface area contributed by atoms with Gasteiger partial charge in [-0.3, -0.25) is 9.69 Å². The number of morpholine rings is 1. The van der Waals surface area contributed by atoms with Gasteiger partial charge in [0.25, 0.3) is 0 Å². The number of carbonyl (C=O) groups excluding carboxylic acids is 1. The van der Waals surface area contributed by atoms with Gasteiger partial charge in [-0.2, -0.15) is 0 Å². The van der Waals surface area contributed by atoms with E-state index in [1.165, 1.54) is 10.6 Å². The van der Waals surface area contributed by atoms with Gasteiger partial charge in [-0.25, -0.2) is 12.7 Å². The Morgan fingerprint density at radius 2 is 1.75 bits per heavy atom. The summed E-state index contributed by atoms with van der Waals surface area (Å²) >= 11 is 0. The molecule has 0 atom stereocenters. The molecule has 0 aliphatic carbocycles. The van der Waals surface area contributed by atoms with E-state index in [0.717, 1.165) is 39.0 Å². The monoisotopic (exact) mass is 361 g/mol. The first-order valence-corrected chi connectivity index (χ1v) is 10.7. The van der Waals surface area contributed by atoms with Crippen LogP contribution in [-0.4, -0.2) is 93.7 Å². The van der Waals surface area contributed by atoms with Crippen LogP contribution in [0.25, 0.3) is 0 Å². The van der Waals surface area contributed by atoms with Crippen molar-refractivity contribution in [2.75, 3.05) is 65.3 Å². The van der Waals surface area contributed by atoms with Crippen LogP contribution in [0, 0.1) is 5.92 Å². The molecular formula is C16H31N3O4S. The highest BCUT2D eigenvalue weighted by atomic mass is 32.2. The molecule has 2 heterocycles. The minimum absolute atomic E-state index is 0.0712. The molecule has 2 saturated heterocycles. The number of ether oxygens (including phenoxy) is 1. The summed E-state index contributed by atoms with van der Waals surface area (Å²) in [7, 11) is -3.30. The predicted octanol–water partition coefficient (Wildman–Crippen LogP) is 0.229. The van der Waals surface area contributed by atoms with Gasteiger partial charge in [0.05, 0.1) is 19.5 Å². The van der Waals surface area contributed by atoms with Crippen molar-refractivity contribution in [1.82, 2.24) is 14.1 Å². The molecule has 140 valence electrons. The van der Waals surface area contributed by atoms with Crippen LogP contribution < -0.4 is 0 Å². The van der Waals surface area contributed by atoms with Crippen LogP contribution in [0.15, 0.2) is 0 Å². The number of rotatable bonds is 7. The maximum absolute atomic E-state index is 12.3. The number of piperidine rings is 1. The van der Waals surface area contributed by atoms with Gasteiger partial charge in [0, 0.05) is 52.2 Å². The quantitative estimate of drug-likeness (QED) is 0.649. The van der Waals surface area contributed by atoms with Crippen molar-refractivity contribution < 1.29 is 17.9 Å². The van der Waals surface area contributed by atoms with Crippen LogP contribution in [-0.2, 0) is 19.6 Å². The number of nitrogens with zero attached hydrogens (tertiary/aromatic N) is 3. The zero-order valence-electron chi connectivity index (χ0n) is 14.9. The van der Waals surface area contributed by atoms with E-state index >= 15 is 0 Å². The van der Waals surface area contributed by atoms with Crippen molar-refractivity contribution in [1.29, 1.82) is 0 Å². The first-order chi connectivity index (χ1) is 11.4. The van der Waals surface area contributed by atoms with Crippen molar-refractivity contribution in [2.45, 2.75) is 26.2 Å². The molecule has 0 aromatic carbocycles. The van der Waals surface area contributed by atoms with Gasteiger partial charge in [-0.05, 0) is 18.8 Å². The third-order valence-corrected chi connectivity index (χ3v) is 6.25. The zero-order valence-corrected chi connectivity index (χ0v) is 15.8. The summed E-state index contributed by atoms with van der Waals surface area (Å²) < 4.78 is 30.7. The first-order valence-electron chi connectivity index (χ1n) is 8.89. The second kappa shape index (κ2) is 9.12. The average molecular weight is 362 g/mol. The smallest absolute Gasteiger partial charge is 0.223 e. The van der Waals surface area contributed by atoms with Crippen LogP contribution in [0.4, 0.5) is 0 Å². The number of sulfonamides is 1. The Balaban J connectivity index is 1.79. The van der Waals surface area contributed by atoms with Crippen LogP contribution in [0.1, 0.15) is 26.2 Å². The second-order valence-electron chi connectivity index (χ2n) is 6.93. The lowest BCUT2D eigenvalue weighted by atomic mass is 9.99. The SMILES string of the molecule is CC1CCN(C(=O)CCN(CCN2CCOCC2)S(C)(=O)=O)CC1. The largest absolute Gasteiger partial charge is 0.379 e. The van der Waals surface area contributed by atoms with Crippen molar-refractivity contribution in [3.63, 3.8) is 0 Å². The van der Waals surface area contributed by atoms with E-state index in [9.17, 15) is 13.2 Å². The zero-order chi connectivity index (χ0) is 17.6. The summed E-state index contributed by atoms with van der Waals surface area (Å²) in [5.74, 6) is 0.747. The lowest BCUT2D eigenvalue weighted by molar-refractivity contribution is -0.132. The number of amides is 1. The number of hydrogen-bond acceptors (Lipinski definition) is 5. The van der Waals surface area contributed by atoms with E-state index in [0.29, 0.717) is 32.2 Å². The summed E-state index contributed by atoms with van der Waals surface area (Å²) in [5, 5.41) is 0. The Morgan fingerprint density at radius 3 is 2.33 bits per heavy atom. The van der Waals surface area contributed by atoms with Gasteiger partial charge < -0.3 is 9.64 Å². The van der Waals surface area contributed by atoms with Gasteiger partial charge in [0.1, 0.15) is 0 Å². The van der Waals surface area contributed by atoms with Crippen molar-refractivity contribution >= 4 is 15.9 Å². The van der Waals surface area contributed by atoms with Gasteiger partial charge in [-0.1, -0.05) is 6.92 Å². The molecule has 0 radical (unpaired) electrons. The third kappa shape index (κ3) is 6.31. The fraction of sp³-hybridized carbons (Fsp3) is 0.938. The van der Waals surface area contributed by atoms with Gasteiger partial charge in [0.2, 0.25) is 15.9 Å². The molecule has 24 heavy (non-hydrogen) atoms. The highest BCUT2D eigenvalue weighted by Gasteiger charge is 2.23. The van der Waals surface area contributed by atoms with Crippen LogP contribution in [0.2, 0.25) is 0 Å². The molecule has 2 aliphatic rings. The number of carbonyl (C=O) groups is 1. The summed E-state index contributed by atoms with van der Waals surface area (Å²) in [4.78, 5) is 16.4. The van der Waals surface area contributed by atoms with Crippen molar-refractivity contribution in [3.05, 3.63) is 0 Å². The Hall–Kier alpha value is -0.700. The maximum Gasteiger partial charge on any atom is 0.223 e. The minimum Gasteiger partial charge on any atom is -0.379 e.